The molecular weight excluding hydrogens is 242 g/mol. The molecule has 0 bridgehead atoms. The normalized spacial score (nSPS) is 12.3. The van der Waals surface area contributed by atoms with Crippen molar-refractivity contribution in [3.8, 4) is 0 Å². The molecule has 1 unspecified atom stereocenters. The lowest BCUT2D eigenvalue weighted by Gasteiger charge is -2.16. The van der Waals surface area contributed by atoms with Crippen molar-refractivity contribution in [2.24, 2.45) is 0 Å². The maximum absolute atomic E-state index is 4.07. The van der Waals surface area contributed by atoms with E-state index in [1.807, 2.05) is 31.2 Å². The van der Waals surface area contributed by atoms with Crippen molar-refractivity contribution in [2.75, 3.05) is 12.8 Å². The second kappa shape index (κ2) is 6.52. The second-order valence-corrected chi connectivity index (χ2v) is 5.23. The Morgan fingerprint density at radius 2 is 1.78 bits per heavy atom. The molecule has 94 valence electrons. The van der Waals surface area contributed by atoms with Gasteiger partial charge >= 0.3 is 0 Å². The maximum atomic E-state index is 4.07. The van der Waals surface area contributed by atoms with E-state index in [9.17, 15) is 0 Å². The molecule has 1 aromatic heterocycles. The van der Waals surface area contributed by atoms with Gasteiger partial charge in [-0.05, 0) is 30.5 Å². The molecule has 18 heavy (non-hydrogen) atoms. The van der Waals surface area contributed by atoms with E-state index < -0.39 is 0 Å². The number of rotatable bonds is 5. The van der Waals surface area contributed by atoms with Crippen molar-refractivity contribution in [3.05, 3.63) is 54.1 Å². The van der Waals surface area contributed by atoms with Gasteiger partial charge < -0.3 is 5.32 Å². The Balaban J connectivity index is 2.23. The van der Waals surface area contributed by atoms with E-state index in [1.54, 1.807) is 6.33 Å². The lowest BCUT2D eigenvalue weighted by Crippen LogP contribution is -2.17. The van der Waals surface area contributed by atoms with Crippen LogP contribution in [0.2, 0.25) is 0 Å². The number of aromatic nitrogens is 2. The molecule has 0 aliphatic carbocycles. The summed E-state index contributed by atoms with van der Waals surface area (Å²) in [5.74, 6) is 1.10. The van der Waals surface area contributed by atoms with Crippen LogP contribution in [0.15, 0.2) is 47.9 Å². The van der Waals surface area contributed by atoms with Crippen molar-refractivity contribution in [2.45, 2.75) is 17.9 Å². The molecule has 0 amide bonds. The summed E-state index contributed by atoms with van der Waals surface area (Å²) in [6.07, 6.45) is 5.25. The van der Waals surface area contributed by atoms with Gasteiger partial charge in [0.2, 0.25) is 0 Å². The summed E-state index contributed by atoms with van der Waals surface area (Å²) in [4.78, 5) is 9.45. The van der Waals surface area contributed by atoms with Crippen LogP contribution in [0, 0.1) is 0 Å². The van der Waals surface area contributed by atoms with Gasteiger partial charge in [-0.2, -0.15) is 0 Å². The van der Waals surface area contributed by atoms with Crippen LogP contribution in [0.3, 0.4) is 0 Å². The molecule has 4 heteroatoms. The Bertz CT molecular complexity index is 470. The molecule has 2 aromatic rings. The van der Waals surface area contributed by atoms with E-state index in [2.05, 4.69) is 46.5 Å². The van der Waals surface area contributed by atoms with Gasteiger partial charge in [-0.3, -0.25) is 0 Å². The Labute approximate surface area is 112 Å². The quantitative estimate of drug-likeness (QED) is 0.838. The average Bonchev–Trinajstić information content (AvgIpc) is 2.43. The van der Waals surface area contributed by atoms with E-state index in [0.29, 0.717) is 0 Å². The highest BCUT2D eigenvalue weighted by atomic mass is 32.2. The molecule has 1 N–H and O–H groups in total. The Kier molecular flexibility index (Phi) is 4.73. The standard InChI is InChI=1S/C14H17N3S/c1-3-18-13-6-4-11(5-7-13)14(15-2)12-8-16-10-17-9-12/h4-10,14-15H,3H2,1-2H3. The Hall–Kier alpha value is -1.39. The molecule has 1 atom stereocenters. The number of thioether (sulfide) groups is 1. The van der Waals surface area contributed by atoms with Gasteiger partial charge in [-0.15, -0.1) is 11.8 Å². The van der Waals surface area contributed by atoms with E-state index in [0.717, 1.165) is 11.3 Å². The Morgan fingerprint density at radius 1 is 1.11 bits per heavy atom. The molecule has 0 aliphatic rings. The lowest BCUT2D eigenvalue weighted by atomic mass is 10.0. The highest BCUT2D eigenvalue weighted by Gasteiger charge is 2.11. The molecule has 0 radical (unpaired) electrons. The molecule has 1 heterocycles. The molecule has 0 saturated heterocycles. The molecular formula is C14H17N3S. The van der Waals surface area contributed by atoms with Crippen LogP contribution in [-0.2, 0) is 0 Å². The Morgan fingerprint density at radius 3 is 2.33 bits per heavy atom. The molecule has 1 aromatic carbocycles. The van der Waals surface area contributed by atoms with Gasteiger partial charge in [0.15, 0.2) is 0 Å². The van der Waals surface area contributed by atoms with Gasteiger partial charge in [0, 0.05) is 22.9 Å². The number of nitrogens with zero attached hydrogens (tertiary/aromatic N) is 2. The molecule has 0 fully saturated rings. The van der Waals surface area contributed by atoms with Crippen LogP contribution in [-0.4, -0.2) is 22.8 Å². The van der Waals surface area contributed by atoms with Gasteiger partial charge in [0.05, 0.1) is 6.04 Å². The summed E-state index contributed by atoms with van der Waals surface area (Å²) in [5, 5.41) is 3.30. The first-order valence-electron chi connectivity index (χ1n) is 6.00. The minimum atomic E-state index is 0.145. The van der Waals surface area contributed by atoms with Gasteiger partial charge in [-0.1, -0.05) is 19.1 Å². The van der Waals surface area contributed by atoms with Crippen LogP contribution < -0.4 is 5.32 Å². The van der Waals surface area contributed by atoms with Crippen molar-refractivity contribution in [1.29, 1.82) is 0 Å². The van der Waals surface area contributed by atoms with E-state index >= 15 is 0 Å². The average molecular weight is 259 g/mol. The van der Waals surface area contributed by atoms with Crippen LogP contribution in [0.1, 0.15) is 24.1 Å². The predicted molar refractivity (Wildman–Crippen MR) is 75.8 cm³/mol. The summed E-state index contributed by atoms with van der Waals surface area (Å²) in [6, 6.07) is 8.79. The smallest absolute Gasteiger partial charge is 0.115 e. The van der Waals surface area contributed by atoms with Crippen LogP contribution in [0.25, 0.3) is 0 Å². The maximum Gasteiger partial charge on any atom is 0.115 e. The zero-order valence-electron chi connectivity index (χ0n) is 10.6. The number of nitrogens with one attached hydrogen (secondary N) is 1. The van der Waals surface area contributed by atoms with Crippen molar-refractivity contribution in [3.63, 3.8) is 0 Å². The van der Waals surface area contributed by atoms with E-state index in [1.165, 1.54) is 10.5 Å². The van der Waals surface area contributed by atoms with Gasteiger partial charge in [0.25, 0.3) is 0 Å². The fraction of sp³-hybridized carbons (Fsp3) is 0.286. The largest absolute Gasteiger partial charge is 0.309 e. The zero-order valence-corrected chi connectivity index (χ0v) is 11.4. The second-order valence-electron chi connectivity index (χ2n) is 3.90. The monoisotopic (exact) mass is 259 g/mol. The van der Waals surface area contributed by atoms with Crippen LogP contribution >= 0.6 is 11.8 Å². The molecule has 0 spiro atoms. The summed E-state index contributed by atoms with van der Waals surface area (Å²) in [5.41, 5.74) is 2.31. The summed E-state index contributed by atoms with van der Waals surface area (Å²) < 4.78 is 0. The molecule has 3 nitrogen and oxygen atoms in total. The highest BCUT2D eigenvalue weighted by molar-refractivity contribution is 7.99. The first-order valence-corrected chi connectivity index (χ1v) is 6.98. The summed E-state index contributed by atoms with van der Waals surface area (Å²) >= 11 is 1.85. The predicted octanol–water partition coefficient (Wildman–Crippen LogP) is 2.90. The number of hydrogen-bond acceptors (Lipinski definition) is 4. The van der Waals surface area contributed by atoms with E-state index in [-0.39, 0.29) is 6.04 Å². The third kappa shape index (κ3) is 3.09. The van der Waals surface area contributed by atoms with Gasteiger partial charge in [-0.25, -0.2) is 9.97 Å². The van der Waals surface area contributed by atoms with Crippen molar-refractivity contribution >= 4 is 11.8 Å². The fourth-order valence-electron chi connectivity index (χ4n) is 1.91. The lowest BCUT2D eigenvalue weighted by molar-refractivity contribution is 0.684. The minimum absolute atomic E-state index is 0.145. The van der Waals surface area contributed by atoms with Gasteiger partial charge in [0.1, 0.15) is 6.33 Å². The topological polar surface area (TPSA) is 37.8 Å². The zero-order chi connectivity index (χ0) is 12.8. The van der Waals surface area contributed by atoms with Crippen molar-refractivity contribution in [1.82, 2.24) is 15.3 Å². The molecule has 0 aliphatic heterocycles. The number of benzene rings is 1. The third-order valence-electron chi connectivity index (χ3n) is 2.73. The van der Waals surface area contributed by atoms with Crippen LogP contribution in [0.5, 0.6) is 0 Å². The third-order valence-corrected chi connectivity index (χ3v) is 3.62. The first-order chi connectivity index (χ1) is 8.85. The minimum Gasteiger partial charge on any atom is -0.309 e. The fourth-order valence-corrected chi connectivity index (χ4v) is 2.57. The number of hydrogen-bond donors (Lipinski definition) is 1. The van der Waals surface area contributed by atoms with Crippen molar-refractivity contribution < 1.29 is 0 Å². The summed E-state index contributed by atoms with van der Waals surface area (Å²) in [6.45, 7) is 2.16. The molecule has 2 rings (SSSR count). The van der Waals surface area contributed by atoms with E-state index in [4.69, 9.17) is 0 Å². The highest BCUT2D eigenvalue weighted by Crippen LogP contribution is 2.24. The molecule has 0 saturated carbocycles. The summed E-state index contributed by atoms with van der Waals surface area (Å²) in [7, 11) is 1.95. The first kappa shape index (κ1) is 13.1. The SMILES string of the molecule is CCSc1ccc(C(NC)c2cncnc2)cc1. The van der Waals surface area contributed by atoms with Crippen LogP contribution in [0.4, 0.5) is 0 Å².